The average molecular weight is 405 g/mol. The van der Waals surface area contributed by atoms with Gasteiger partial charge in [-0.15, -0.1) is 0 Å². The Morgan fingerprint density at radius 2 is 1.45 bits per heavy atom. The molecule has 9 heteroatoms. The molecular weight excluding hydrogens is 378 g/mol. The van der Waals surface area contributed by atoms with E-state index in [1.165, 1.54) is 0 Å². The Morgan fingerprint density at radius 1 is 0.966 bits per heavy atom. The van der Waals surface area contributed by atoms with E-state index in [2.05, 4.69) is 4.99 Å². The normalized spacial score (nSPS) is 27.0. The number of hydrogen-bond acceptors (Lipinski definition) is 8. The van der Waals surface area contributed by atoms with Crippen molar-refractivity contribution in [2.45, 2.75) is 51.5 Å². The van der Waals surface area contributed by atoms with Crippen LogP contribution in [0.3, 0.4) is 0 Å². The van der Waals surface area contributed by atoms with Crippen LogP contribution in [0, 0.1) is 5.41 Å². The van der Waals surface area contributed by atoms with Gasteiger partial charge in [-0.2, -0.15) is 0 Å². The third kappa shape index (κ3) is 4.37. The molecule has 3 aliphatic rings. The maximum atomic E-state index is 8.02. The second-order valence-corrected chi connectivity index (χ2v) is 8.21. The van der Waals surface area contributed by atoms with Crippen molar-refractivity contribution < 1.29 is 28.4 Å². The van der Waals surface area contributed by atoms with E-state index in [4.69, 9.17) is 39.6 Å². The molecule has 158 valence electrons. The summed E-state index contributed by atoms with van der Waals surface area (Å²) in [4.78, 5) is 4.03. The molecule has 2 atom stereocenters. The third-order valence-electron chi connectivity index (χ3n) is 4.83. The van der Waals surface area contributed by atoms with Crippen molar-refractivity contribution in [2.24, 2.45) is 10.7 Å². The first-order valence-electron chi connectivity index (χ1n) is 9.62. The standard InChI is InChI=1S/C20H27N3O6/c1-19(2)26-9-11(28-19)7-24-15-5-13-14(18(22)23-17(13)21)6-16(15)25-8-12-10-27-20(3,4)29-12/h5-6,11-12H,7-10H2,1-4H3,(H3,21,22,23). The van der Waals surface area contributed by atoms with Gasteiger partial charge in [0.05, 0.1) is 13.2 Å². The van der Waals surface area contributed by atoms with E-state index in [-0.39, 0.29) is 23.9 Å². The molecule has 3 aliphatic heterocycles. The van der Waals surface area contributed by atoms with E-state index in [0.717, 1.165) is 0 Å². The molecule has 1 aromatic carbocycles. The molecule has 29 heavy (non-hydrogen) atoms. The summed E-state index contributed by atoms with van der Waals surface area (Å²) in [5, 5.41) is 8.02. The number of ether oxygens (including phenoxy) is 6. The summed E-state index contributed by atoms with van der Waals surface area (Å²) < 4.78 is 34.7. The molecule has 9 nitrogen and oxygen atoms in total. The predicted molar refractivity (Wildman–Crippen MR) is 105 cm³/mol. The Morgan fingerprint density at radius 3 is 1.90 bits per heavy atom. The molecule has 0 bridgehead atoms. The number of hydrogen-bond donors (Lipinski definition) is 2. The Kier molecular flexibility index (Phi) is 5.02. The summed E-state index contributed by atoms with van der Waals surface area (Å²) >= 11 is 0. The molecule has 3 N–H and O–H groups in total. The fraction of sp³-hybridized carbons (Fsp3) is 0.600. The molecule has 0 saturated carbocycles. The van der Waals surface area contributed by atoms with Gasteiger partial charge in [-0.1, -0.05) is 0 Å². The lowest BCUT2D eigenvalue weighted by atomic mass is 10.1. The second-order valence-electron chi connectivity index (χ2n) is 8.21. The maximum absolute atomic E-state index is 8.02. The van der Waals surface area contributed by atoms with E-state index in [9.17, 15) is 0 Å². The summed E-state index contributed by atoms with van der Waals surface area (Å²) in [5.41, 5.74) is 7.21. The molecule has 2 saturated heterocycles. The molecular formula is C20H27N3O6. The van der Waals surface area contributed by atoms with Crippen LogP contribution >= 0.6 is 0 Å². The van der Waals surface area contributed by atoms with Crippen molar-refractivity contribution in [3.8, 4) is 11.5 Å². The molecule has 2 fully saturated rings. The number of rotatable bonds is 6. The van der Waals surface area contributed by atoms with Crippen LogP contribution in [0.15, 0.2) is 17.1 Å². The van der Waals surface area contributed by atoms with E-state index < -0.39 is 11.6 Å². The number of benzene rings is 1. The van der Waals surface area contributed by atoms with Crippen LogP contribution in [0.1, 0.15) is 38.8 Å². The Bertz CT molecular complexity index is 851. The van der Waals surface area contributed by atoms with E-state index in [1.54, 1.807) is 12.1 Å². The van der Waals surface area contributed by atoms with Crippen molar-refractivity contribution in [1.82, 2.24) is 0 Å². The number of nitrogens with one attached hydrogen (secondary N) is 1. The Labute approximate surface area is 169 Å². The van der Waals surface area contributed by atoms with Crippen LogP contribution in [-0.2, 0) is 18.9 Å². The number of nitrogens with two attached hydrogens (primary N) is 1. The van der Waals surface area contributed by atoms with Crippen LogP contribution in [0.5, 0.6) is 11.5 Å². The highest BCUT2D eigenvalue weighted by Gasteiger charge is 2.35. The van der Waals surface area contributed by atoms with Gasteiger partial charge in [-0.25, -0.2) is 4.99 Å². The van der Waals surface area contributed by atoms with Crippen LogP contribution < -0.4 is 15.2 Å². The highest BCUT2D eigenvalue weighted by atomic mass is 16.8. The number of nitrogens with zero attached hydrogens (tertiary/aromatic N) is 1. The molecule has 0 radical (unpaired) electrons. The molecule has 0 spiro atoms. The monoisotopic (exact) mass is 405 g/mol. The molecule has 0 amide bonds. The quantitative estimate of drug-likeness (QED) is 0.741. The first kappa shape index (κ1) is 20.1. The molecule has 4 rings (SSSR count). The minimum atomic E-state index is -0.623. The van der Waals surface area contributed by atoms with Gasteiger partial charge in [0, 0.05) is 11.1 Å². The first-order valence-corrected chi connectivity index (χ1v) is 9.62. The van der Waals surface area contributed by atoms with Crippen LogP contribution in [0.4, 0.5) is 0 Å². The predicted octanol–water partition coefficient (Wildman–Crippen LogP) is 1.79. The molecule has 2 unspecified atom stereocenters. The zero-order valence-corrected chi connectivity index (χ0v) is 17.1. The minimum Gasteiger partial charge on any atom is -0.487 e. The van der Waals surface area contributed by atoms with E-state index in [0.29, 0.717) is 49.1 Å². The lowest BCUT2D eigenvalue weighted by Crippen LogP contribution is -2.26. The summed E-state index contributed by atoms with van der Waals surface area (Å²) in [5.74, 6) is 0.141. The van der Waals surface area contributed by atoms with Crippen molar-refractivity contribution >= 4 is 11.7 Å². The smallest absolute Gasteiger partial charge is 0.163 e. The average Bonchev–Trinajstić information content (AvgIpc) is 3.26. The fourth-order valence-electron chi connectivity index (χ4n) is 3.49. The number of aliphatic imine (C=N–C) groups is 1. The van der Waals surface area contributed by atoms with Gasteiger partial charge in [-0.05, 0) is 39.8 Å². The van der Waals surface area contributed by atoms with Gasteiger partial charge < -0.3 is 34.2 Å². The topological polar surface area (TPSA) is 118 Å². The van der Waals surface area contributed by atoms with Crippen molar-refractivity contribution in [3.05, 3.63) is 23.3 Å². The van der Waals surface area contributed by atoms with Gasteiger partial charge in [0.25, 0.3) is 0 Å². The summed E-state index contributed by atoms with van der Waals surface area (Å²) in [6.45, 7) is 8.94. The van der Waals surface area contributed by atoms with Crippen molar-refractivity contribution in [1.29, 1.82) is 5.41 Å². The van der Waals surface area contributed by atoms with Crippen molar-refractivity contribution in [2.75, 3.05) is 26.4 Å². The van der Waals surface area contributed by atoms with Gasteiger partial charge in [0.15, 0.2) is 28.9 Å². The Hall–Kier alpha value is -2.20. The van der Waals surface area contributed by atoms with Gasteiger partial charge >= 0.3 is 0 Å². The van der Waals surface area contributed by atoms with Crippen molar-refractivity contribution in [3.63, 3.8) is 0 Å². The van der Waals surface area contributed by atoms with Gasteiger partial charge in [0.2, 0.25) is 0 Å². The Balaban J connectivity index is 1.50. The summed E-state index contributed by atoms with van der Waals surface area (Å²) in [6.07, 6.45) is -0.387. The first-order chi connectivity index (χ1) is 13.6. The SMILES string of the molecule is CC1(C)OCC(COc2cc3c(cc2OCC2COC(C)(C)O2)C(N)=NC3=N)O1. The zero-order chi connectivity index (χ0) is 20.8. The lowest BCUT2D eigenvalue weighted by molar-refractivity contribution is -0.142. The molecule has 1 aromatic rings. The summed E-state index contributed by atoms with van der Waals surface area (Å²) in [7, 11) is 0. The summed E-state index contributed by atoms with van der Waals surface area (Å²) in [6, 6.07) is 3.48. The molecule has 0 aromatic heterocycles. The highest BCUT2D eigenvalue weighted by molar-refractivity contribution is 6.21. The second kappa shape index (κ2) is 7.24. The third-order valence-corrected chi connectivity index (χ3v) is 4.83. The van der Waals surface area contributed by atoms with E-state index in [1.807, 2.05) is 27.7 Å². The molecule has 0 aliphatic carbocycles. The molecule has 3 heterocycles. The van der Waals surface area contributed by atoms with Crippen LogP contribution in [-0.4, -0.2) is 61.9 Å². The fourth-order valence-corrected chi connectivity index (χ4v) is 3.49. The largest absolute Gasteiger partial charge is 0.487 e. The van der Waals surface area contributed by atoms with Gasteiger partial charge in [0.1, 0.15) is 31.3 Å². The van der Waals surface area contributed by atoms with Crippen LogP contribution in [0.2, 0.25) is 0 Å². The zero-order valence-electron chi connectivity index (χ0n) is 17.1. The lowest BCUT2D eigenvalue weighted by Gasteiger charge is -2.20. The number of fused-ring (bicyclic) bond motifs is 1. The van der Waals surface area contributed by atoms with Gasteiger partial charge in [-0.3, -0.25) is 5.41 Å². The van der Waals surface area contributed by atoms with Crippen LogP contribution in [0.25, 0.3) is 0 Å². The minimum absolute atomic E-state index is 0.102. The van der Waals surface area contributed by atoms with E-state index >= 15 is 0 Å². The number of amidine groups is 2. The maximum Gasteiger partial charge on any atom is 0.163 e. The highest BCUT2D eigenvalue weighted by Crippen LogP contribution is 2.35.